The number of aromatic nitrogens is 1. The molecule has 2 N–H and O–H groups in total. The Labute approximate surface area is 148 Å². The molecule has 1 aromatic rings. The van der Waals surface area contributed by atoms with Crippen LogP contribution in [0.1, 0.15) is 31.7 Å². The van der Waals surface area contributed by atoms with Crippen LogP contribution in [0.15, 0.2) is 18.3 Å². The molecular weight excluding hydrogens is 322 g/mol. The average molecular weight is 349 g/mol. The number of ether oxygens (including phenoxy) is 2. The minimum Gasteiger partial charge on any atom is -0.478 e. The number of amides is 2. The van der Waals surface area contributed by atoms with Gasteiger partial charge in [0.2, 0.25) is 5.88 Å². The van der Waals surface area contributed by atoms with E-state index in [1.165, 1.54) is 0 Å². The largest absolute Gasteiger partial charge is 0.478 e. The third-order valence-corrected chi connectivity index (χ3v) is 4.98. The monoisotopic (exact) mass is 349 g/mol. The third kappa shape index (κ3) is 4.22. The Morgan fingerprint density at radius 2 is 2.40 bits per heavy atom. The molecule has 25 heavy (non-hydrogen) atoms. The van der Waals surface area contributed by atoms with Gasteiger partial charge in [0.15, 0.2) is 0 Å². The summed E-state index contributed by atoms with van der Waals surface area (Å²) in [6, 6.07) is 3.67. The van der Waals surface area contributed by atoms with E-state index < -0.39 is 6.10 Å². The summed E-state index contributed by atoms with van der Waals surface area (Å²) >= 11 is 0. The summed E-state index contributed by atoms with van der Waals surface area (Å²) in [5.74, 6) is 0.554. The van der Waals surface area contributed by atoms with Crippen molar-refractivity contribution in [2.75, 3.05) is 26.4 Å². The maximum absolute atomic E-state index is 12.7. The van der Waals surface area contributed by atoms with Gasteiger partial charge in [0.25, 0.3) is 0 Å². The van der Waals surface area contributed by atoms with E-state index in [0.29, 0.717) is 45.2 Å². The highest BCUT2D eigenvalue weighted by Crippen LogP contribution is 2.30. The first-order valence-electron chi connectivity index (χ1n) is 9.07. The van der Waals surface area contributed by atoms with E-state index in [0.717, 1.165) is 18.4 Å². The molecule has 0 spiro atoms. The highest BCUT2D eigenvalue weighted by atomic mass is 16.5. The summed E-state index contributed by atoms with van der Waals surface area (Å²) < 4.78 is 11.0. The molecule has 2 saturated heterocycles. The summed E-state index contributed by atoms with van der Waals surface area (Å²) in [7, 11) is 0. The number of pyridine rings is 1. The topological polar surface area (TPSA) is 83.9 Å². The van der Waals surface area contributed by atoms with E-state index in [-0.39, 0.29) is 18.0 Å². The van der Waals surface area contributed by atoms with Crippen LogP contribution in [0.4, 0.5) is 4.79 Å². The highest BCUT2D eigenvalue weighted by Gasteiger charge is 2.39. The summed E-state index contributed by atoms with van der Waals surface area (Å²) in [5, 5.41) is 13.2. The number of aliphatic hydroxyl groups excluding tert-OH is 1. The van der Waals surface area contributed by atoms with E-state index in [2.05, 4.69) is 10.3 Å². The maximum atomic E-state index is 12.7. The van der Waals surface area contributed by atoms with E-state index >= 15 is 0 Å². The number of carbonyl (C=O) groups excluding carboxylic acids is 1. The van der Waals surface area contributed by atoms with Crippen LogP contribution in [0, 0.1) is 5.92 Å². The Balaban J connectivity index is 1.60. The molecule has 2 aliphatic heterocycles. The molecule has 0 aliphatic carbocycles. The Morgan fingerprint density at radius 1 is 1.52 bits per heavy atom. The van der Waals surface area contributed by atoms with Gasteiger partial charge in [-0.25, -0.2) is 9.78 Å². The first-order valence-corrected chi connectivity index (χ1v) is 9.07. The maximum Gasteiger partial charge on any atom is 0.317 e. The second kappa shape index (κ2) is 8.49. The van der Waals surface area contributed by atoms with Crippen LogP contribution in [0.2, 0.25) is 0 Å². The van der Waals surface area contributed by atoms with Crippen molar-refractivity contribution in [3.8, 4) is 5.88 Å². The number of urea groups is 1. The Morgan fingerprint density at radius 3 is 3.20 bits per heavy atom. The van der Waals surface area contributed by atoms with Crippen molar-refractivity contribution in [2.45, 2.75) is 44.9 Å². The fraction of sp³-hybridized carbons (Fsp3) is 0.667. The van der Waals surface area contributed by atoms with Crippen molar-refractivity contribution in [3.63, 3.8) is 0 Å². The van der Waals surface area contributed by atoms with Gasteiger partial charge in [0.1, 0.15) is 0 Å². The van der Waals surface area contributed by atoms with E-state index in [1.54, 1.807) is 6.20 Å². The number of likely N-dealkylation sites (tertiary alicyclic amines) is 1. The molecule has 3 heterocycles. The van der Waals surface area contributed by atoms with Gasteiger partial charge in [-0.2, -0.15) is 0 Å². The normalized spacial score (nSPS) is 26.5. The Hall–Kier alpha value is -1.86. The Bertz CT molecular complexity index is 583. The van der Waals surface area contributed by atoms with Crippen LogP contribution in [-0.4, -0.2) is 59.5 Å². The lowest BCUT2D eigenvalue weighted by Gasteiger charge is -2.36. The Kier molecular flexibility index (Phi) is 6.09. The summed E-state index contributed by atoms with van der Waals surface area (Å²) in [6.45, 7) is 4.64. The average Bonchev–Trinajstić information content (AvgIpc) is 3.11. The van der Waals surface area contributed by atoms with Crippen LogP contribution in [0.3, 0.4) is 0 Å². The predicted octanol–water partition coefficient (Wildman–Crippen LogP) is 1.55. The van der Waals surface area contributed by atoms with E-state index in [9.17, 15) is 9.90 Å². The van der Waals surface area contributed by atoms with Crippen LogP contribution >= 0.6 is 0 Å². The van der Waals surface area contributed by atoms with Crippen LogP contribution < -0.4 is 10.1 Å². The van der Waals surface area contributed by atoms with Gasteiger partial charge in [-0.15, -0.1) is 0 Å². The lowest BCUT2D eigenvalue weighted by molar-refractivity contribution is -0.0576. The van der Waals surface area contributed by atoms with E-state index in [4.69, 9.17) is 9.47 Å². The van der Waals surface area contributed by atoms with Crippen molar-refractivity contribution < 1.29 is 19.4 Å². The molecule has 0 saturated carbocycles. The van der Waals surface area contributed by atoms with Gasteiger partial charge < -0.3 is 24.8 Å². The molecule has 7 nitrogen and oxygen atoms in total. The highest BCUT2D eigenvalue weighted by molar-refractivity contribution is 5.75. The zero-order chi connectivity index (χ0) is 17.6. The molecule has 138 valence electrons. The molecule has 2 amide bonds. The zero-order valence-electron chi connectivity index (χ0n) is 14.7. The molecule has 7 heteroatoms. The number of nitrogens with zero attached hydrogens (tertiary/aromatic N) is 2. The van der Waals surface area contributed by atoms with Gasteiger partial charge in [0.05, 0.1) is 19.3 Å². The second-order valence-electron chi connectivity index (χ2n) is 6.56. The number of hydrogen-bond acceptors (Lipinski definition) is 5. The minimum atomic E-state index is -0.393. The second-order valence-corrected chi connectivity index (χ2v) is 6.56. The molecular formula is C18H27N3O4. The molecule has 3 atom stereocenters. The minimum absolute atomic E-state index is 0.000576. The van der Waals surface area contributed by atoms with Crippen molar-refractivity contribution in [1.82, 2.24) is 15.2 Å². The fourth-order valence-corrected chi connectivity index (χ4v) is 3.70. The molecule has 3 rings (SSSR count). The van der Waals surface area contributed by atoms with Crippen LogP contribution in [0.5, 0.6) is 5.88 Å². The molecule has 0 unspecified atom stereocenters. The molecule has 0 radical (unpaired) electrons. The van der Waals surface area contributed by atoms with Crippen molar-refractivity contribution >= 4 is 6.03 Å². The van der Waals surface area contributed by atoms with Crippen molar-refractivity contribution in [2.24, 2.45) is 5.92 Å². The van der Waals surface area contributed by atoms with Crippen LogP contribution in [-0.2, 0) is 11.3 Å². The SMILES string of the molecule is CCOc1ncccc1CNC(=O)N1CCC[C@@H]1[C@@H]1COCC[C@@H]1O. The lowest BCUT2D eigenvalue weighted by Crippen LogP contribution is -2.50. The number of rotatable bonds is 5. The first kappa shape index (κ1) is 17.9. The van der Waals surface area contributed by atoms with Gasteiger partial charge in [-0.1, -0.05) is 6.07 Å². The van der Waals surface area contributed by atoms with Gasteiger partial charge in [-0.05, 0) is 32.3 Å². The lowest BCUT2D eigenvalue weighted by atomic mass is 9.89. The predicted molar refractivity (Wildman–Crippen MR) is 92.3 cm³/mol. The van der Waals surface area contributed by atoms with Crippen molar-refractivity contribution in [1.29, 1.82) is 0 Å². The quantitative estimate of drug-likeness (QED) is 0.843. The summed E-state index contributed by atoms with van der Waals surface area (Å²) in [6.07, 6.45) is 3.80. The zero-order valence-corrected chi connectivity index (χ0v) is 14.7. The molecule has 1 aromatic heterocycles. The van der Waals surface area contributed by atoms with Gasteiger partial charge in [-0.3, -0.25) is 0 Å². The first-order chi connectivity index (χ1) is 12.2. The summed E-state index contributed by atoms with van der Waals surface area (Å²) in [4.78, 5) is 18.7. The van der Waals surface area contributed by atoms with Crippen LogP contribution in [0.25, 0.3) is 0 Å². The molecule has 2 fully saturated rings. The molecule has 0 bridgehead atoms. The smallest absolute Gasteiger partial charge is 0.317 e. The number of carbonyl (C=O) groups is 1. The molecule has 0 aromatic carbocycles. The number of hydrogen-bond donors (Lipinski definition) is 2. The number of nitrogens with one attached hydrogen (secondary N) is 1. The standard InChI is InChI=1S/C18H27N3O4/c1-2-25-17-13(5-3-8-19-17)11-20-18(23)21-9-4-6-15(21)14-12-24-10-7-16(14)22/h3,5,8,14-16,22H,2,4,6-7,9-12H2,1H3,(H,20,23)/t14-,15+,16-/m0/s1. The van der Waals surface area contributed by atoms with Crippen molar-refractivity contribution in [3.05, 3.63) is 23.9 Å². The molecule has 2 aliphatic rings. The summed E-state index contributed by atoms with van der Waals surface area (Å²) in [5.41, 5.74) is 0.856. The third-order valence-electron chi connectivity index (χ3n) is 4.98. The number of aliphatic hydroxyl groups is 1. The van der Waals surface area contributed by atoms with E-state index in [1.807, 2.05) is 24.0 Å². The fourth-order valence-electron chi connectivity index (χ4n) is 3.70. The van der Waals surface area contributed by atoms with Gasteiger partial charge in [0, 0.05) is 43.4 Å². The van der Waals surface area contributed by atoms with Gasteiger partial charge >= 0.3 is 6.03 Å².